The van der Waals surface area contributed by atoms with Gasteiger partial charge in [-0.3, -0.25) is 0 Å². The van der Waals surface area contributed by atoms with E-state index in [2.05, 4.69) is 18.7 Å². The number of aliphatic hydroxyl groups excluding tert-OH is 1. The van der Waals surface area contributed by atoms with E-state index in [0.29, 0.717) is 6.04 Å². The second-order valence-electron chi connectivity index (χ2n) is 4.80. The second kappa shape index (κ2) is 4.06. The maximum Gasteiger partial charge on any atom is 0.123 e. The van der Waals surface area contributed by atoms with Crippen molar-refractivity contribution in [3.8, 4) is 0 Å². The van der Waals surface area contributed by atoms with Gasteiger partial charge < -0.3 is 10.0 Å². The van der Waals surface area contributed by atoms with E-state index >= 15 is 0 Å². The van der Waals surface area contributed by atoms with Gasteiger partial charge in [0.15, 0.2) is 0 Å². The van der Waals surface area contributed by atoms with Crippen LogP contribution in [0.25, 0.3) is 0 Å². The molecule has 1 heterocycles. The average molecular weight is 223 g/mol. The van der Waals surface area contributed by atoms with Crippen molar-refractivity contribution in [2.75, 3.05) is 11.4 Å². The van der Waals surface area contributed by atoms with Gasteiger partial charge in [-0.25, -0.2) is 4.39 Å². The van der Waals surface area contributed by atoms with Crippen LogP contribution < -0.4 is 4.90 Å². The second-order valence-corrected chi connectivity index (χ2v) is 4.80. The van der Waals surface area contributed by atoms with Gasteiger partial charge in [-0.15, -0.1) is 0 Å². The highest BCUT2D eigenvalue weighted by Crippen LogP contribution is 2.39. The predicted octanol–water partition coefficient (Wildman–Crippen LogP) is 2.52. The summed E-state index contributed by atoms with van der Waals surface area (Å²) in [6.45, 7) is 6.76. The van der Waals surface area contributed by atoms with E-state index in [4.69, 9.17) is 0 Å². The minimum Gasteiger partial charge on any atom is -0.393 e. The fourth-order valence-electron chi connectivity index (χ4n) is 2.39. The molecule has 1 aliphatic heterocycles. The smallest absolute Gasteiger partial charge is 0.123 e. The van der Waals surface area contributed by atoms with Crippen LogP contribution in [0.15, 0.2) is 18.2 Å². The molecule has 0 aliphatic carbocycles. The summed E-state index contributed by atoms with van der Waals surface area (Å²) in [6, 6.07) is 5.22. The van der Waals surface area contributed by atoms with Crippen molar-refractivity contribution >= 4 is 5.69 Å². The highest BCUT2D eigenvalue weighted by atomic mass is 19.1. The van der Waals surface area contributed by atoms with Crippen molar-refractivity contribution in [1.29, 1.82) is 0 Å². The van der Waals surface area contributed by atoms with Gasteiger partial charge in [-0.1, -0.05) is 0 Å². The predicted molar refractivity (Wildman–Crippen MR) is 63.3 cm³/mol. The molecule has 1 N–H and O–H groups in total. The quantitative estimate of drug-likeness (QED) is 0.832. The number of anilines is 1. The van der Waals surface area contributed by atoms with Crippen molar-refractivity contribution in [2.45, 2.75) is 38.8 Å². The maximum absolute atomic E-state index is 13.2. The lowest BCUT2D eigenvalue weighted by Crippen LogP contribution is -2.31. The third kappa shape index (κ3) is 1.80. The van der Waals surface area contributed by atoms with E-state index in [0.717, 1.165) is 17.8 Å². The van der Waals surface area contributed by atoms with Crippen LogP contribution in [0.3, 0.4) is 0 Å². The minimum atomic E-state index is -0.440. The average Bonchev–Trinajstić information content (AvgIpc) is 2.56. The monoisotopic (exact) mass is 223 g/mol. The maximum atomic E-state index is 13.2. The van der Waals surface area contributed by atoms with Gasteiger partial charge in [0.1, 0.15) is 5.82 Å². The van der Waals surface area contributed by atoms with E-state index < -0.39 is 6.10 Å². The van der Waals surface area contributed by atoms with Crippen molar-refractivity contribution in [2.24, 2.45) is 0 Å². The lowest BCUT2D eigenvalue weighted by molar-refractivity contribution is 0.167. The van der Waals surface area contributed by atoms with Crippen LogP contribution in [0.5, 0.6) is 0 Å². The zero-order valence-electron chi connectivity index (χ0n) is 9.94. The number of aliphatic hydroxyl groups is 1. The summed E-state index contributed by atoms with van der Waals surface area (Å²) in [5.74, 6) is -0.205. The summed E-state index contributed by atoms with van der Waals surface area (Å²) in [5.41, 5.74) is 1.99. The van der Waals surface area contributed by atoms with Crippen molar-refractivity contribution in [1.82, 2.24) is 0 Å². The van der Waals surface area contributed by atoms with Crippen molar-refractivity contribution < 1.29 is 9.50 Å². The third-order valence-corrected chi connectivity index (χ3v) is 3.30. The Labute approximate surface area is 95.7 Å². The zero-order chi connectivity index (χ0) is 11.9. The molecule has 2 unspecified atom stereocenters. The molecule has 0 aromatic heterocycles. The Bertz CT molecular complexity index is 390. The van der Waals surface area contributed by atoms with Gasteiger partial charge in [0.25, 0.3) is 0 Å². The van der Waals surface area contributed by atoms with Crippen LogP contribution in [0.2, 0.25) is 0 Å². The van der Waals surface area contributed by atoms with Crippen molar-refractivity contribution in [3.05, 3.63) is 29.6 Å². The summed E-state index contributed by atoms with van der Waals surface area (Å²) < 4.78 is 13.2. The van der Waals surface area contributed by atoms with Crippen molar-refractivity contribution in [3.63, 3.8) is 0 Å². The fourth-order valence-corrected chi connectivity index (χ4v) is 2.39. The first-order valence-corrected chi connectivity index (χ1v) is 5.75. The summed E-state index contributed by atoms with van der Waals surface area (Å²) in [7, 11) is 0. The Hall–Kier alpha value is -1.09. The first-order valence-electron chi connectivity index (χ1n) is 5.75. The van der Waals surface area contributed by atoms with Crippen LogP contribution in [0.1, 0.15) is 32.3 Å². The van der Waals surface area contributed by atoms with Gasteiger partial charge in [0, 0.05) is 24.2 Å². The topological polar surface area (TPSA) is 23.5 Å². The molecule has 1 aromatic rings. The molecule has 0 saturated carbocycles. The standard InChI is InChI=1S/C13H18FNO/c1-8(2)15-7-12(9(3)16)11-6-10(14)4-5-13(11)15/h4-6,8-9,12,16H,7H2,1-3H3. The largest absolute Gasteiger partial charge is 0.393 e. The molecule has 0 saturated heterocycles. The molecular formula is C13H18FNO. The summed E-state index contributed by atoms with van der Waals surface area (Å²) in [6.07, 6.45) is -0.440. The van der Waals surface area contributed by atoms with Crippen LogP contribution in [0, 0.1) is 5.82 Å². The first kappa shape index (κ1) is 11.4. The highest BCUT2D eigenvalue weighted by Gasteiger charge is 2.32. The minimum absolute atomic E-state index is 0.0214. The van der Waals surface area contributed by atoms with Crippen LogP contribution >= 0.6 is 0 Å². The lowest BCUT2D eigenvalue weighted by Gasteiger charge is -2.24. The van der Waals surface area contributed by atoms with E-state index in [9.17, 15) is 9.50 Å². The van der Waals surface area contributed by atoms with Crippen LogP contribution in [-0.2, 0) is 0 Å². The number of nitrogens with zero attached hydrogens (tertiary/aromatic N) is 1. The molecule has 16 heavy (non-hydrogen) atoms. The first-order chi connectivity index (χ1) is 7.50. The zero-order valence-corrected chi connectivity index (χ0v) is 9.94. The van der Waals surface area contributed by atoms with Gasteiger partial charge in [-0.05, 0) is 44.5 Å². The molecule has 2 atom stereocenters. The molecule has 0 amide bonds. The SMILES string of the molecule is CC(O)C1CN(C(C)C)c2ccc(F)cc21. The molecular weight excluding hydrogens is 205 g/mol. The lowest BCUT2D eigenvalue weighted by atomic mass is 9.96. The molecule has 1 aliphatic rings. The Morgan fingerprint density at radius 3 is 2.62 bits per heavy atom. The van der Waals surface area contributed by atoms with Gasteiger partial charge in [-0.2, -0.15) is 0 Å². The number of hydrogen-bond acceptors (Lipinski definition) is 2. The summed E-state index contributed by atoms with van der Waals surface area (Å²) >= 11 is 0. The Morgan fingerprint density at radius 1 is 1.38 bits per heavy atom. The highest BCUT2D eigenvalue weighted by molar-refractivity contribution is 5.61. The number of halogens is 1. The number of rotatable bonds is 2. The number of benzene rings is 1. The van der Waals surface area contributed by atoms with E-state index in [1.807, 2.05) is 6.07 Å². The Kier molecular flexibility index (Phi) is 2.89. The molecule has 0 spiro atoms. The Balaban J connectivity index is 2.44. The normalized spacial score (nSPS) is 21.4. The molecule has 0 bridgehead atoms. The third-order valence-electron chi connectivity index (χ3n) is 3.30. The molecule has 2 nitrogen and oxygen atoms in total. The Morgan fingerprint density at radius 2 is 2.06 bits per heavy atom. The van der Waals surface area contributed by atoms with Gasteiger partial charge in [0.05, 0.1) is 6.10 Å². The molecule has 3 heteroatoms. The molecule has 1 aromatic carbocycles. The molecule has 88 valence electrons. The molecule has 0 radical (unpaired) electrons. The van der Waals surface area contributed by atoms with Gasteiger partial charge in [0.2, 0.25) is 0 Å². The van der Waals surface area contributed by atoms with E-state index in [1.165, 1.54) is 6.07 Å². The van der Waals surface area contributed by atoms with Crippen LogP contribution in [0.4, 0.5) is 10.1 Å². The number of hydrogen-bond donors (Lipinski definition) is 1. The van der Waals surface area contributed by atoms with E-state index in [1.54, 1.807) is 13.0 Å². The number of fused-ring (bicyclic) bond motifs is 1. The van der Waals surface area contributed by atoms with Crippen LogP contribution in [-0.4, -0.2) is 23.8 Å². The summed E-state index contributed by atoms with van der Waals surface area (Å²) in [4.78, 5) is 2.21. The fraction of sp³-hybridized carbons (Fsp3) is 0.538. The molecule has 2 rings (SSSR count). The van der Waals surface area contributed by atoms with E-state index in [-0.39, 0.29) is 11.7 Å². The summed E-state index contributed by atoms with van der Waals surface area (Å²) in [5, 5.41) is 9.74. The molecule has 0 fully saturated rings. The van der Waals surface area contributed by atoms with Gasteiger partial charge >= 0.3 is 0 Å².